The molecule has 3 rings (SSSR count). The van der Waals surface area contributed by atoms with Crippen molar-refractivity contribution in [3.8, 4) is 5.75 Å². The molecule has 1 aliphatic rings. The van der Waals surface area contributed by atoms with Crippen LogP contribution in [0.3, 0.4) is 0 Å². The number of hydrogen-bond acceptors (Lipinski definition) is 5. The SMILES string of the molecule is CCCOc1ccccc1C(=O)N1CCC[C@H]1CNc1ncc(Br)cn1. The maximum atomic E-state index is 13.1. The molecule has 138 valence electrons. The molecule has 1 N–H and O–H groups in total. The van der Waals surface area contributed by atoms with Gasteiger partial charge in [0.05, 0.1) is 16.6 Å². The van der Waals surface area contributed by atoms with Gasteiger partial charge >= 0.3 is 0 Å². The number of amides is 1. The highest BCUT2D eigenvalue weighted by Gasteiger charge is 2.30. The molecule has 0 aliphatic carbocycles. The molecule has 1 aliphatic heterocycles. The smallest absolute Gasteiger partial charge is 0.257 e. The van der Waals surface area contributed by atoms with E-state index < -0.39 is 0 Å². The summed E-state index contributed by atoms with van der Waals surface area (Å²) in [7, 11) is 0. The Morgan fingerprint density at radius 3 is 2.88 bits per heavy atom. The molecule has 0 bridgehead atoms. The van der Waals surface area contributed by atoms with E-state index in [0.717, 1.165) is 30.3 Å². The number of carbonyl (C=O) groups is 1. The van der Waals surface area contributed by atoms with Gasteiger partial charge in [0.1, 0.15) is 5.75 Å². The summed E-state index contributed by atoms with van der Waals surface area (Å²) in [5, 5.41) is 3.23. The van der Waals surface area contributed by atoms with Crippen molar-refractivity contribution >= 4 is 27.8 Å². The third-order valence-electron chi connectivity index (χ3n) is 4.33. The minimum atomic E-state index is 0.0257. The van der Waals surface area contributed by atoms with Crippen LogP contribution in [0, 0.1) is 0 Å². The molecule has 0 saturated carbocycles. The maximum Gasteiger partial charge on any atom is 0.257 e. The highest BCUT2D eigenvalue weighted by molar-refractivity contribution is 9.10. The number of hydrogen-bond donors (Lipinski definition) is 1. The van der Waals surface area contributed by atoms with Crippen molar-refractivity contribution in [3.63, 3.8) is 0 Å². The summed E-state index contributed by atoms with van der Waals surface area (Å²) >= 11 is 3.32. The third-order valence-corrected chi connectivity index (χ3v) is 4.74. The third kappa shape index (κ3) is 4.52. The fourth-order valence-electron chi connectivity index (χ4n) is 3.06. The number of nitrogens with one attached hydrogen (secondary N) is 1. The van der Waals surface area contributed by atoms with Gasteiger partial charge in [-0.15, -0.1) is 0 Å². The lowest BCUT2D eigenvalue weighted by Gasteiger charge is -2.26. The van der Waals surface area contributed by atoms with Crippen LogP contribution in [0.15, 0.2) is 41.1 Å². The number of benzene rings is 1. The Hall–Kier alpha value is -2.15. The molecule has 26 heavy (non-hydrogen) atoms. The lowest BCUT2D eigenvalue weighted by atomic mass is 10.1. The number of likely N-dealkylation sites (tertiary alicyclic amines) is 1. The minimum Gasteiger partial charge on any atom is -0.493 e. The standard InChI is InChI=1S/C19H23BrN4O2/c1-2-10-26-17-8-4-3-7-16(17)18(25)24-9-5-6-15(24)13-23-19-21-11-14(20)12-22-19/h3-4,7-8,11-12,15H,2,5-6,9-10,13H2,1H3,(H,21,22,23)/t15-/m0/s1. The number of para-hydroxylation sites is 1. The predicted molar refractivity (Wildman–Crippen MR) is 105 cm³/mol. The summed E-state index contributed by atoms with van der Waals surface area (Å²) < 4.78 is 6.59. The number of ether oxygens (including phenoxy) is 1. The monoisotopic (exact) mass is 418 g/mol. The minimum absolute atomic E-state index is 0.0257. The molecule has 1 amide bonds. The van der Waals surface area contributed by atoms with Crippen molar-refractivity contribution in [2.24, 2.45) is 0 Å². The Morgan fingerprint density at radius 1 is 1.35 bits per heavy atom. The maximum absolute atomic E-state index is 13.1. The van der Waals surface area contributed by atoms with Crippen molar-refractivity contribution in [2.45, 2.75) is 32.2 Å². The molecule has 2 aromatic rings. The van der Waals surface area contributed by atoms with Crippen molar-refractivity contribution in [1.82, 2.24) is 14.9 Å². The number of rotatable bonds is 7. The fourth-order valence-corrected chi connectivity index (χ4v) is 3.27. The first-order valence-electron chi connectivity index (χ1n) is 8.93. The van der Waals surface area contributed by atoms with Gasteiger partial charge in [0.15, 0.2) is 0 Å². The van der Waals surface area contributed by atoms with Crippen LogP contribution < -0.4 is 10.1 Å². The van der Waals surface area contributed by atoms with Gasteiger partial charge in [0.25, 0.3) is 5.91 Å². The summed E-state index contributed by atoms with van der Waals surface area (Å²) in [5.41, 5.74) is 0.632. The van der Waals surface area contributed by atoms with Crippen LogP contribution in [0.4, 0.5) is 5.95 Å². The quantitative estimate of drug-likeness (QED) is 0.741. The van der Waals surface area contributed by atoms with Crippen LogP contribution in [0.1, 0.15) is 36.5 Å². The van der Waals surface area contributed by atoms with Gasteiger partial charge in [0.2, 0.25) is 5.95 Å². The lowest BCUT2D eigenvalue weighted by Crippen LogP contribution is -2.39. The molecular weight excluding hydrogens is 396 g/mol. The van der Waals surface area contributed by atoms with Gasteiger partial charge in [-0.05, 0) is 47.3 Å². The summed E-state index contributed by atoms with van der Waals surface area (Å²) in [4.78, 5) is 23.5. The van der Waals surface area contributed by atoms with Gasteiger partial charge in [-0.1, -0.05) is 19.1 Å². The number of halogens is 1. The summed E-state index contributed by atoms with van der Waals surface area (Å²) in [6.07, 6.45) is 6.28. The van der Waals surface area contributed by atoms with E-state index in [1.54, 1.807) is 12.4 Å². The average molecular weight is 419 g/mol. The summed E-state index contributed by atoms with van der Waals surface area (Å²) in [6, 6.07) is 7.60. The Balaban J connectivity index is 1.67. The highest BCUT2D eigenvalue weighted by atomic mass is 79.9. The molecule has 1 aromatic carbocycles. The Kier molecular flexibility index (Phi) is 6.44. The Morgan fingerprint density at radius 2 is 2.12 bits per heavy atom. The van der Waals surface area contributed by atoms with Crippen molar-refractivity contribution in [3.05, 3.63) is 46.7 Å². The summed E-state index contributed by atoms with van der Waals surface area (Å²) in [6.45, 7) is 4.05. The van der Waals surface area contributed by atoms with E-state index >= 15 is 0 Å². The molecule has 1 saturated heterocycles. The number of aromatic nitrogens is 2. The Bertz CT molecular complexity index is 739. The van der Waals surface area contributed by atoms with Crippen LogP contribution in [0.5, 0.6) is 5.75 Å². The van der Waals surface area contributed by atoms with Crippen molar-refractivity contribution < 1.29 is 9.53 Å². The van der Waals surface area contributed by atoms with E-state index in [9.17, 15) is 4.79 Å². The number of nitrogens with zero attached hydrogens (tertiary/aromatic N) is 3. The average Bonchev–Trinajstić information content (AvgIpc) is 3.14. The zero-order chi connectivity index (χ0) is 18.4. The van der Waals surface area contributed by atoms with Gasteiger partial charge in [0, 0.05) is 31.5 Å². The van der Waals surface area contributed by atoms with Crippen LogP contribution in [0.2, 0.25) is 0 Å². The van der Waals surface area contributed by atoms with E-state index in [-0.39, 0.29) is 11.9 Å². The predicted octanol–water partition coefficient (Wildman–Crippen LogP) is 3.74. The second-order valence-electron chi connectivity index (χ2n) is 6.25. The second-order valence-corrected chi connectivity index (χ2v) is 7.16. The van der Waals surface area contributed by atoms with Crippen LogP contribution in [-0.2, 0) is 0 Å². The van der Waals surface area contributed by atoms with E-state index in [0.29, 0.717) is 30.4 Å². The zero-order valence-electron chi connectivity index (χ0n) is 14.8. The van der Waals surface area contributed by atoms with Crippen LogP contribution in [-0.4, -0.2) is 46.5 Å². The molecule has 0 radical (unpaired) electrons. The molecule has 1 atom stereocenters. The van der Waals surface area contributed by atoms with Crippen LogP contribution in [0.25, 0.3) is 0 Å². The van der Waals surface area contributed by atoms with Gasteiger partial charge in [-0.25, -0.2) is 9.97 Å². The molecule has 0 unspecified atom stereocenters. The topological polar surface area (TPSA) is 67.3 Å². The van der Waals surface area contributed by atoms with E-state index in [2.05, 4.69) is 38.1 Å². The molecule has 7 heteroatoms. The normalized spacial score (nSPS) is 16.5. The molecule has 6 nitrogen and oxygen atoms in total. The van der Waals surface area contributed by atoms with E-state index in [1.807, 2.05) is 29.2 Å². The largest absolute Gasteiger partial charge is 0.493 e. The van der Waals surface area contributed by atoms with Crippen molar-refractivity contribution in [2.75, 3.05) is 25.0 Å². The molecular formula is C19H23BrN4O2. The van der Waals surface area contributed by atoms with Crippen LogP contribution >= 0.6 is 15.9 Å². The molecule has 2 heterocycles. The fraction of sp³-hybridized carbons (Fsp3) is 0.421. The first kappa shape index (κ1) is 18.6. The number of anilines is 1. The lowest BCUT2D eigenvalue weighted by molar-refractivity contribution is 0.0739. The first-order chi connectivity index (χ1) is 12.7. The second kappa shape index (κ2) is 8.98. The van der Waals surface area contributed by atoms with Crippen molar-refractivity contribution in [1.29, 1.82) is 0 Å². The van der Waals surface area contributed by atoms with Gasteiger partial charge < -0.3 is 15.0 Å². The highest BCUT2D eigenvalue weighted by Crippen LogP contribution is 2.25. The van der Waals surface area contributed by atoms with E-state index in [4.69, 9.17) is 4.74 Å². The van der Waals surface area contributed by atoms with Gasteiger partial charge in [-0.3, -0.25) is 4.79 Å². The molecule has 1 aromatic heterocycles. The Labute approximate surface area is 162 Å². The molecule has 1 fully saturated rings. The van der Waals surface area contributed by atoms with Gasteiger partial charge in [-0.2, -0.15) is 0 Å². The first-order valence-corrected chi connectivity index (χ1v) is 9.72. The summed E-state index contributed by atoms with van der Waals surface area (Å²) in [5.74, 6) is 1.26. The molecule has 0 spiro atoms. The number of carbonyl (C=O) groups excluding carboxylic acids is 1. The van der Waals surface area contributed by atoms with E-state index in [1.165, 1.54) is 0 Å². The zero-order valence-corrected chi connectivity index (χ0v) is 16.4.